The normalized spacial score (nSPS) is 10.1. The van der Waals surface area contributed by atoms with Gasteiger partial charge in [0.15, 0.2) is 0 Å². The molecule has 2 aromatic rings. The van der Waals surface area contributed by atoms with Crippen molar-refractivity contribution in [1.29, 1.82) is 0 Å². The summed E-state index contributed by atoms with van der Waals surface area (Å²) in [6, 6.07) is 8.18. The Morgan fingerprint density at radius 1 is 1.14 bits per heavy atom. The summed E-state index contributed by atoms with van der Waals surface area (Å²) in [5, 5.41) is 3.92. The first-order valence-electron chi connectivity index (χ1n) is 7.54. The van der Waals surface area contributed by atoms with E-state index in [2.05, 4.69) is 24.2 Å². The molecular weight excluding hydrogens is 296 g/mol. The molecule has 0 saturated carbocycles. The largest absolute Gasteiger partial charge is 0.399 e. The molecule has 5 nitrogen and oxygen atoms in total. The van der Waals surface area contributed by atoms with Crippen molar-refractivity contribution >= 4 is 23.4 Å². The number of hydrogen-bond donors (Lipinski definition) is 3. The van der Waals surface area contributed by atoms with E-state index in [1.165, 1.54) is 31.2 Å². The average Bonchev–Trinajstić information content (AvgIpc) is 2.94. The van der Waals surface area contributed by atoms with Gasteiger partial charge in [-0.25, -0.2) is 0 Å². The van der Waals surface area contributed by atoms with Crippen molar-refractivity contribution in [2.75, 3.05) is 17.2 Å². The predicted octanol–water partition coefficient (Wildman–Crippen LogP) is 3.67. The summed E-state index contributed by atoms with van der Waals surface area (Å²) in [6.07, 6.45) is 8.41. The molecule has 1 heterocycles. The molecule has 0 radical (unpaired) electrons. The third kappa shape index (κ3) is 7.95. The van der Waals surface area contributed by atoms with Crippen LogP contribution in [0.4, 0.5) is 11.4 Å². The van der Waals surface area contributed by atoms with Crippen LogP contribution >= 0.6 is 12.0 Å². The highest BCUT2D eigenvalue weighted by atomic mass is 32.2. The molecule has 1 aromatic heterocycles. The van der Waals surface area contributed by atoms with Crippen LogP contribution in [-0.2, 0) is 13.0 Å². The van der Waals surface area contributed by atoms with Crippen molar-refractivity contribution in [3.63, 3.8) is 0 Å². The van der Waals surface area contributed by atoms with E-state index < -0.39 is 0 Å². The SMILES string of the molecule is CCCCCc1ccc(N)cc1.Nc1cnn(CCSO)c1. The fraction of sp³-hybridized carbons (Fsp3) is 0.438. The molecule has 0 aliphatic heterocycles. The number of aromatic nitrogens is 2. The van der Waals surface area contributed by atoms with E-state index in [1.54, 1.807) is 17.1 Å². The van der Waals surface area contributed by atoms with Crippen LogP contribution in [0.5, 0.6) is 0 Å². The molecule has 2 rings (SSSR count). The van der Waals surface area contributed by atoms with Gasteiger partial charge in [-0.05, 0) is 42.6 Å². The van der Waals surface area contributed by atoms with E-state index in [0.29, 0.717) is 18.0 Å². The zero-order valence-corrected chi connectivity index (χ0v) is 13.9. The Bertz CT molecular complexity index is 513. The smallest absolute Gasteiger partial charge is 0.0719 e. The third-order valence-corrected chi connectivity index (χ3v) is 3.48. The van der Waals surface area contributed by atoms with Crippen molar-refractivity contribution in [2.24, 2.45) is 0 Å². The highest BCUT2D eigenvalue weighted by Crippen LogP contribution is 2.09. The topological polar surface area (TPSA) is 90.1 Å². The maximum absolute atomic E-state index is 8.38. The minimum Gasteiger partial charge on any atom is -0.399 e. The molecule has 0 bridgehead atoms. The van der Waals surface area contributed by atoms with Crippen molar-refractivity contribution < 1.29 is 4.55 Å². The molecule has 5 N–H and O–H groups in total. The van der Waals surface area contributed by atoms with E-state index >= 15 is 0 Å². The van der Waals surface area contributed by atoms with Crippen LogP contribution < -0.4 is 11.5 Å². The maximum Gasteiger partial charge on any atom is 0.0719 e. The first-order valence-corrected chi connectivity index (χ1v) is 8.48. The second-order valence-corrected chi connectivity index (χ2v) is 5.74. The van der Waals surface area contributed by atoms with E-state index in [1.807, 2.05) is 12.1 Å². The summed E-state index contributed by atoms with van der Waals surface area (Å²) in [6.45, 7) is 2.92. The van der Waals surface area contributed by atoms with Crippen molar-refractivity contribution in [1.82, 2.24) is 9.78 Å². The Morgan fingerprint density at radius 3 is 2.41 bits per heavy atom. The molecule has 6 heteroatoms. The van der Waals surface area contributed by atoms with Gasteiger partial charge in [0.05, 0.1) is 18.4 Å². The van der Waals surface area contributed by atoms with Gasteiger partial charge in [0.25, 0.3) is 0 Å². The number of nitrogens with two attached hydrogens (primary N) is 2. The lowest BCUT2D eigenvalue weighted by Crippen LogP contribution is -1.99. The minimum atomic E-state index is 0.640. The van der Waals surface area contributed by atoms with Crippen LogP contribution in [0.3, 0.4) is 0 Å². The van der Waals surface area contributed by atoms with Gasteiger partial charge < -0.3 is 16.0 Å². The van der Waals surface area contributed by atoms with Crippen LogP contribution in [0.2, 0.25) is 0 Å². The molecule has 0 atom stereocenters. The fourth-order valence-corrected chi connectivity index (χ4v) is 2.17. The van der Waals surface area contributed by atoms with Crippen LogP contribution in [0, 0.1) is 0 Å². The first-order chi connectivity index (χ1) is 10.7. The lowest BCUT2D eigenvalue weighted by Gasteiger charge is -2.00. The van der Waals surface area contributed by atoms with E-state index in [9.17, 15) is 0 Å². The van der Waals surface area contributed by atoms with Gasteiger partial charge >= 0.3 is 0 Å². The van der Waals surface area contributed by atoms with Gasteiger partial charge in [-0.3, -0.25) is 4.68 Å². The minimum absolute atomic E-state index is 0.640. The number of nitrogen functional groups attached to an aromatic ring is 2. The number of hydrogen-bond acceptors (Lipinski definition) is 5. The van der Waals surface area contributed by atoms with Crippen molar-refractivity contribution in [3.05, 3.63) is 42.2 Å². The maximum atomic E-state index is 8.38. The van der Waals surface area contributed by atoms with E-state index in [4.69, 9.17) is 16.0 Å². The zero-order valence-electron chi connectivity index (χ0n) is 13.1. The molecule has 0 amide bonds. The molecule has 0 unspecified atom stereocenters. The van der Waals surface area contributed by atoms with Gasteiger partial charge in [-0.1, -0.05) is 31.9 Å². The Hall–Kier alpha value is -1.66. The molecule has 22 heavy (non-hydrogen) atoms. The number of rotatable bonds is 7. The Labute approximate surface area is 136 Å². The van der Waals surface area contributed by atoms with Crippen molar-refractivity contribution in [3.8, 4) is 0 Å². The summed E-state index contributed by atoms with van der Waals surface area (Å²) in [7, 11) is 0. The van der Waals surface area contributed by atoms with Gasteiger partial charge in [-0.2, -0.15) is 5.10 Å². The second kappa shape index (κ2) is 11.0. The van der Waals surface area contributed by atoms with Crippen LogP contribution in [0.1, 0.15) is 31.7 Å². The third-order valence-electron chi connectivity index (χ3n) is 3.11. The lowest BCUT2D eigenvalue weighted by atomic mass is 10.1. The van der Waals surface area contributed by atoms with Gasteiger partial charge in [0.2, 0.25) is 0 Å². The summed E-state index contributed by atoms with van der Waals surface area (Å²) >= 11 is 0.804. The number of nitrogens with zero attached hydrogens (tertiary/aromatic N) is 2. The standard InChI is InChI=1S/C11H17N.C5H9N3OS/c1-2-3-4-5-10-6-8-11(12)9-7-10;6-5-3-7-8(4-5)1-2-10-9/h6-9H,2-5,12H2,1H3;3-4,9H,1-2,6H2. The molecule has 0 spiro atoms. The Kier molecular flexibility index (Phi) is 9.18. The lowest BCUT2D eigenvalue weighted by molar-refractivity contribution is 0.631. The number of unbranched alkanes of at least 4 members (excludes halogenated alkanes) is 2. The van der Waals surface area contributed by atoms with Gasteiger partial charge in [0.1, 0.15) is 0 Å². The second-order valence-electron chi connectivity index (χ2n) is 5.07. The zero-order chi connectivity index (χ0) is 16.2. The van der Waals surface area contributed by atoms with Gasteiger partial charge in [-0.15, -0.1) is 0 Å². The molecule has 1 aromatic carbocycles. The van der Waals surface area contributed by atoms with Crippen LogP contribution in [-0.4, -0.2) is 20.1 Å². The quantitative estimate of drug-likeness (QED) is 0.411. The average molecular weight is 322 g/mol. The molecule has 122 valence electrons. The van der Waals surface area contributed by atoms with E-state index in [-0.39, 0.29) is 0 Å². The number of benzene rings is 1. The summed E-state index contributed by atoms with van der Waals surface area (Å²) in [5.74, 6) is 0.640. The summed E-state index contributed by atoms with van der Waals surface area (Å²) in [5.41, 5.74) is 13.9. The molecule has 0 aliphatic rings. The Balaban J connectivity index is 0.000000224. The van der Waals surface area contributed by atoms with E-state index in [0.717, 1.165) is 17.7 Å². The molecule has 0 saturated heterocycles. The number of aryl methyl sites for hydroxylation is 2. The van der Waals surface area contributed by atoms with Gasteiger partial charge in [0, 0.05) is 17.6 Å². The van der Waals surface area contributed by atoms with Crippen LogP contribution in [0.25, 0.3) is 0 Å². The van der Waals surface area contributed by atoms with Crippen molar-refractivity contribution in [2.45, 2.75) is 39.2 Å². The number of anilines is 2. The molecule has 0 aliphatic carbocycles. The predicted molar refractivity (Wildman–Crippen MR) is 95.8 cm³/mol. The Morgan fingerprint density at radius 2 is 1.86 bits per heavy atom. The summed E-state index contributed by atoms with van der Waals surface area (Å²) in [4.78, 5) is 0. The van der Waals surface area contributed by atoms with Crippen LogP contribution in [0.15, 0.2) is 36.7 Å². The first kappa shape index (κ1) is 18.4. The summed E-state index contributed by atoms with van der Waals surface area (Å²) < 4.78 is 10.1. The highest BCUT2D eigenvalue weighted by molar-refractivity contribution is 7.93. The fourth-order valence-electron chi connectivity index (χ4n) is 1.90. The monoisotopic (exact) mass is 322 g/mol. The highest BCUT2D eigenvalue weighted by Gasteiger charge is 1.92. The molecular formula is C16H26N4OS. The molecule has 0 fully saturated rings.